The average molecular weight is 1900 g/mol. The van der Waals surface area contributed by atoms with E-state index in [0.29, 0.717) is 33.2 Å². The van der Waals surface area contributed by atoms with Crippen LogP contribution in [0.15, 0.2) is 155 Å². The van der Waals surface area contributed by atoms with Crippen LogP contribution in [0, 0.1) is 0 Å². The van der Waals surface area contributed by atoms with Crippen molar-refractivity contribution in [1.82, 2.24) is 70.6 Å². The van der Waals surface area contributed by atoms with Crippen LogP contribution >= 0.6 is 0 Å². The molecule has 0 radical (unpaired) electrons. The smallest absolute Gasteiger partial charge is 0.416 e. The van der Waals surface area contributed by atoms with Gasteiger partial charge in [0.25, 0.3) is 59.1 Å². The van der Waals surface area contributed by atoms with E-state index in [-0.39, 0.29) is 195 Å². The van der Waals surface area contributed by atoms with Crippen LogP contribution in [0.3, 0.4) is 0 Å². The maximum absolute atomic E-state index is 13.5. The van der Waals surface area contributed by atoms with Gasteiger partial charge in [0.05, 0.1) is 110 Å². The number of benzene rings is 4. The van der Waals surface area contributed by atoms with E-state index in [4.69, 9.17) is 44.0 Å². The number of alkyl halides is 6. The molecule has 50 heteroatoms. The molecule has 10 aromatic rings. The van der Waals surface area contributed by atoms with Gasteiger partial charge in [-0.1, -0.05) is 12.1 Å². The zero-order valence-electron chi connectivity index (χ0n) is 72.6. The number of hydrogen-bond donors (Lipinski definition) is 11. The van der Waals surface area contributed by atoms with Gasteiger partial charge in [-0.25, -0.2) is 34.1 Å². The Morgan fingerprint density at radius 1 is 0.496 bits per heavy atom. The Morgan fingerprint density at radius 3 is 1.33 bits per heavy atom. The van der Waals surface area contributed by atoms with Crippen LogP contribution in [0.5, 0.6) is 0 Å². The highest BCUT2D eigenvalue weighted by Crippen LogP contribution is 2.36. The monoisotopic (exact) mass is 1900 g/mol. The summed E-state index contributed by atoms with van der Waals surface area (Å²) < 4.78 is 119. The number of fused-ring (bicyclic) bond motifs is 2. The number of carbonyl (C=O) groups is 15. The average Bonchev–Trinajstić information content (AvgIpc) is 1.60. The molecule has 2 fully saturated rings. The van der Waals surface area contributed by atoms with Gasteiger partial charge in [0.1, 0.15) is 54.9 Å². The van der Waals surface area contributed by atoms with Crippen LogP contribution < -0.4 is 64.2 Å². The number of hydrogen-bond acceptors (Lipinski definition) is 31. The molecular formula is C87H84F6N22O22. The Labute approximate surface area is 769 Å². The fourth-order valence-electron chi connectivity index (χ4n) is 13.9. The van der Waals surface area contributed by atoms with Gasteiger partial charge in [0.2, 0.25) is 35.4 Å². The summed E-state index contributed by atoms with van der Waals surface area (Å²) in [6.07, 6.45) is -3.46. The minimum atomic E-state index is -4.80. The summed E-state index contributed by atoms with van der Waals surface area (Å²) in [4.78, 5) is 208. The summed E-state index contributed by atoms with van der Waals surface area (Å²) in [5, 5.41) is 31.5. The first-order valence-electron chi connectivity index (χ1n) is 41.7. The number of pyridine rings is 2. The number of carbonyl (C=O) groups excluding carboxylic acids is 15. The van der Waals surface area contributed by atoms with Gasteiger partial charge < -0.3 is 81.2 Å². The van der Waals surface area contributed by atoms with Gasteiger partial charge >= 0.3 is 18.4 Å². The molecule has 2 saturated heterocycles. The summed E-state index contributed by atoms with van der Waals surface area (Å²) in [7, 11) is 0. The third kappa shape index (κ3) is 24.9. The Kier molecular flexibility index (Phi) is 30.8. The first kappa shape index (κ1) is 98.0. The number of nitrogens with two attached hydrogens (primary N) is 2. The Morgan fingerprint density at radius 2 is 0.920 bits per heavy atom. The second kappa shape index (κ2) is 43.0. The molecule has 15 amide bonds. The number of anilines is 6. The third-order valence-electron chi connectivity index (χ3n) is 20.2. The second-order valence-electron chi connectivity index (χ2n) is 31.1. The number of oxazole rings is 2. The number of halogens is 6. The van der Waals surface area contributed by atoms with Crippen LogP contribution in [-0.2, 0) is 42.9 Å². The fraction of sp³-hybridized carbons (Fsp3) is 0.299. The second-order valence-corrected chi connectivity index (χ2v) is 31.1. The van der Waals surface area contributed by atoms with Gasteiger partial charge in [0, 0.05) is 85.0 Å². The fourth-order valence-corrected chi connectivity index (χ4v) is 13.9. The number of amides is 15. The summed E-state index contributed by atoms with van der Waals surface area (Å²) in [5.74, 6) is -10.0. The number of piperidine rings is 2. The summed E-state index contributed by atoms with van der Waals surface area (Å²) in [6, 6.07) is 24.7. The number of nitrogens with zero attached hydrogens (tertiary/aromatic N) is 11. The van der Waals surface area contributed by atoms with Gasteiger partial charge in [-0.15, -0.1) is 0 Å². The van der Waals surface area contributed by atoms with E-state index >= 15 is 0 Å². The predicted octanol–water partition coefficient (Wildman–Crippen LogP) is 6.38. The lowest BCUT2D eigenvalue weighted by molar-refractivity contribution is -0.137. The number of primary amides is 2. The molecule has 4 aliphatic rings. The number of nitrogens with one attached hydrogen (secondary N) is 9. The SMILES string of the molecule is CC(C)(C)OC(=O)N(CC(F)(F)F)c1cc(-c2nc(C(=O)Nc3cn(-c4ccc(C(=O)NCCOCCOCCNc5cccc6c5C(=O)N(C5CCC(=O)NC5=O)C6=O)cc4)nc3C(N)=O)co2)ccn1.NC(=O)c1nn(-c2ccc(C(=O)NCCOCCOCCNc3cccc4c3C(=O)N(C3CCC(=O)NC3=O)C4=O)cc2)cc1NC(=O)c1coc(-c2ccnc(NCC(F)(F)F)c2)n1. The Balaban J connectivity index is 0.000000233. The van der Waals surface area contributed by atoms with Crippen LogP contribution in [0.1, 0.15) is 151 Å². The van der Waals surface area contributed by atoms with Crippen LogP contribution in [-0.4, -0.2) is 260 Å². The normalized spacial score (nSPS) is 14.8. The quantitative estimate of drug-likeness (QED) is 0.0114. The maximum atomic E-state index is 13.5. The van der Waals surface area contributed by atoms with Gasteiger partial charge in [-0.3, -0.25) is 92.5 Å². The molecule has 14 rings (SSSR count). The topological polar surface area (TPSA) is 586 Å². The molecule has 716 valence electrons. The molecule has 4 aromatic carbocycles. The van der Waals surface area contributed by atoms with Gasteiger partial charge in [-0.05, 0) is 131 Å². The number of imide groups is 4. The standard InChI is InChI=1S/C46H46F3N11O12.C41H38F3N11O10/c1-45(2,3)72-44(68)58(24-46(47,48)49)33-21-26(13-14-52-33)41-55-31(23-71-41)39(64)54-30-22-59(57-36(30)37(50)62)27-9-7-25(8-10-27)38(63)53-16-18-70-20-19-69-17-15-51-29-6-4-5-28-35(29)43(67)60(42(28)66)32-11-12-34(61)56-40(32)65;42-41(43,44)21-49-30-18-23(10-11-47-30)38-51-28(20-65-38)36(59)50-27-19-54(53-33(27)34(45)57)24-6-4-22(5-7-24)35(58)48-13-15-64-17-16-63-14-12-46-26-3-1-2-25-32(26)40(62)55(39(25)61)29-8-9-31(56)52-37(29)60/h4-10,13-14,21-23,32,51H,11-12,15-20,24H2,1-3H3,(H2,50,62)(H,53,63)(H,54,64)(H,56,61,65);1-7,10-11,18-20,29,46H,8-9,12-17,21H2,(H2,45,57)(H,47,49)(H,48,58)(H,50,59)(H,52,56,60). The molecule has 44 nitrogen and oxygen atoms in total. The summed E-state index contributed by atoms with van der Waals surface area (Å²) >= 11 is 0. The lowest BCUT2D eigenvalue weighted by Crippen LogP contribution is -2.54. The molecule has 0 bridgehead atoms. The van der Waals surface area contributed by atoms with Crippen LogP contribution in [0.4, 0.5) is 65.5 Å². The number of rotatable bonds is 38. The molecular weight excluding hydrogens is 1820 g/mol. The van der Waals surface area contributed by atoms with Crippen molar-refractivity contribution in [2.75, 3.05) is 124 Å². The van der Waals surface area contributed by atoms with E-state index in [1.165, 1.54) is 115 Å². The minimum absolute atomic E-state index is 0.0142. The zero-order chi connectivity index (χ0) is 98.2. The summed E-state index contributed by atoms with van der Waals surface area (Å²) in [5.41, 5.74) is 11.7. The first-order valence-corrected chi connectivity index (χ1v) is 41.7. The van der Waals surface area contributed by atoms with Crippen LogP contribution in [0.2, 0.25) is 0 Å². The van der Waals surface area contributed by atoms with Crippen molar-refractivity contribution in [2.24, 2.45) is 11.5 Å². The molecule has 10 heterocycles. The van der Waals surface area contributed by atoms with E-state index in [1.807, 2.05) is 0 Å². The molecule has 137 heavy (non-hydrogen) atoms. The highest BCUT2D eigenvalue weighted by Gasteiger charge is 2.48. The lowest BCUT2D eigenvalue weighted by atomic mass is 10.0. The maximum Gasteiger partial charge on any atom is 0.416 e. The van der Waals surface area contributed by atoms with E-state index in [9.17, 15) is 98.3 Å². The van der Waals surface area contributed by atoms with Crippen molar-refractivity contribution < 1.29 is 131 Å². The Hall–Kier alpha value is -16.5. The predicted molar refractivity (Wildman–Crippen MR) is 465 cm³/mol. The summed E-state index contributed by atoms with van der Waals surface area (Å²) in [6.45, 7) is 4.05. The number of ether oxygens (including phenoxy) is 5. The Bertz CT molecular complexity index is 6310. The molecule has 13 N–H and O–H groups in total. The zero-order valence-corrected chi connectivity index (χ0v) is 72.6. The van der Waals surface area contributed by atoms with Crippen molar-refractivity contribution in [2.45, 2.75) is 76.5 Å². The van der Waals surface area contributed by atoms with Gasteiger partial charge in [-0.2, -0.15) is 36.5 Å². The van der Waals surface area contributed by atoms with Crippen molar-refractivity contribution in [3.05, 3.63) is 203 Å². The molecule has 2 unspecified atom stereocenters. The van der Waals surface area contributed by atoms with E-state index in [1.54, 1.807) is 36.4 Å². The molecule has 0 aliphatic carbocycles. The highest BCUT2D eigenvalue weighted by atomic mass is 19.4. The first-order chi connectivity index (χ1) is 65.3. The highest BCUT2D eigenvalue weighted by molar-refractivity contribution is 6.27. The molecule has 0 spiro atoms. The number of aromatic nitrogens is 8. The van der Waals surface area contributed by atoms with E-state index in [2.05, 4.69) is 78.0 Å². The molecule has 6 aromatic heterocycles. The molecule has 4 aliphatic heterocycles. The molecule has 2 atom stereocenters. The van der Waals surface area contributed by atoms with Crippen molar-refractivity contribution >= 4 is 123 Å². The van der Waals surface area contributed by atoms with Crippen molar-refractivity contribution in [3.63, 3.8) is 0 Å². The lowest BCUT2D eigenvalue weighted by Gasteiger charge is -2.27. The van der Waals surface area contributed by atoms with Crippen LogP contribution in [0.25, 0.3) is 34.3 Å². The van der Waals surface area contributed by atoms with E-state index < -0.39 is 138 Å². The van der Waals surface area contributed by atoms with E-state index in [0.717, 1.165) is 34.6 Å². The molecule has 0 saturated carbocycles. The van der Waals surface area contributed by atoms with Crippen molar-refractivity contribution in [3.8, 4) is 34.3 Å². The minimum Gasteiger partial charge on any atom is -0.444 e. The van der Waals surface area contributed by atoms with Gasteiger partial charge in [0.15, 0.2) is 22.8 Å². The largest absolute Gasteiger partial charge is 0.444 e. The third-order valence-corrected chi connectivity index (χ3v) is 20.2. The van der Waals surface area contributed by atoms with Crippen molar-refractivity contribution in [1.29, 1.82) is 0 Å².